The van der Waals surface area contributed by atoms with Crippen molar-refractivity contribution in [1.82, 2.24) is 0 Å². The number of rotatable bonds is 2. The van der Waals surface area contributed by atoms with Gasteiger partial charge in [0.15, 0.2) is 11.5 Å². The molecule has 0 aliphatic carbocycles. The molecule has 1 aromatic carbocycles. The minimum atomic E-state index is 0.110. The van der Waals surface area contributed by atoms with E-state index in [4.69, 9.17) is 32.1 Å². The van der Waals surface area contributed by atoms with Crippen molar-refractivity contribution in [2.24, 2.45) is 10.7 Å². The largest absolute Gasteiger partial charge is 0.454 e. The highest BCUT2D eigenvalue weighted by atomic mass is 35.5. The average Bonchev–Trinajstić information content (AvgIpc) is 2.74. The molecule has 0 bridgehead atoms. The molecule has 0 saturated heterocycles. The number of halogens is 1. The standard InChI is InChI=1S/C10H8ClN3O2/c11-3-10(13)14-7-2-9-8(15-5-16-9)1-6(7)4-12/h1-2H,3,5H2,(H2,13,14). The number of hydrogen-bond acceptors (Lipinski definition) is 4. The van der Waals surface area contributed by atoms with Crippen molar-refractivity contribution in [1.29, 1.82) is 5.26 Å². The molecule has 1 aliphatic heterocycles. The number of alkyl halides is 1. The molecule has 0 aromatic heterocycles. The van der Waals surface area contributed by atoms with Gasteiger partial charge in [0, 0.05) is 12.1 Å². The van der Waals surface area contributed by atoms with Gasteiger partial charge in [-0.1, -0.05) is 0 Å². The van der Waals surface area contributed by atoms with Crippen LogP contribution in [0.4, 0.5) is 5.69 Å². The fourth-order valence-corrected chi connectivity index (χ4v) is 1.36. The normalized spacial score (nSPS) is 13.6. The molecule has 0 radical (unpaired) electrons. The molecule has 6 heteroatoms. The first-order valence-electron chi connectivity index (χ1n) is 4.47. The van der Waals surface area contributed by atoms with E-state index in [1.807, 2.05) is 6.07 Å². The van der Waals surface area contributed by atoms with Gasteiger partial charge >= 0.3 is 0 Å². The van der Waals surface area contributed by atoms with Crippen molar-refractivity contribution in [3.8, 4) is 17.6 Å². The van der Waals surface area contributed by atoms with Crippen molar-refractivity contribution in [3.05, 3.63) is 17.7 Å². The zero-order chi connectivity index (χ0) is 11.5. The summed E-state index contributed by atoms with van der Waals surface area (Å²) in [5.41, 5.74) is 6.32. The van der Waals surface area contributed by atoms with Crippen LogP contribution in [0.5, 0.6) is 11.5 Å². The maximum Gasteiger partial charge on any atom is 0.231 e. The van der Waals surface area contributed by atoms with Gasteiger partial charge < -0.3 is 15.2 Å². The summed E-state index contributed by atoms with van der Waals surface area (Å²) in [5, 5.41) is 8.95. The van der Waals surface area contributed by atoms with Crippen LogP contribution in [0.2, 0.25) is 0 Å². The zero-order valence-electron chi connectivity index (χ0n) is 8.24. The summed E-state index contributed by atoms with van der Waals surface area (Å²) in [5.74, 6) is 1.45. The molecule has 0 saturated carbocycles. The lowest BCUT2D eigenvalue weighted by molar-refractivity contribution is 0.174. The third-order valence-corrected chi connectivity index (χ3v) is 2.29. The summed E-state index contributed by atoms with van der Waals surface area (Å²) in [6.07, 6.45) is 0. The summed E-state index contributed by atoms with van der Waals surface area (Å²) < 4.78 is 10.3. The van der Waals surface area contributed by atoms with E-state index in [0.29, 0.717) is 22.7 Å². The third kappa shape index (κ3) is 1.88. The molecule has 0 atom stereocenters. The molecule has 16 heavy (non-hydrogen) atoms. The first-order valence-corrected chi connectivity index (χ1v) is 5.01. The summed E-state index contributed by atoms with van der Waals surface area (Å²) >= 11 is 5.52. The smallest absolute Gasteiger partial charge is 0.231 e. The number of aliphatic imine (C=N–C) groups is 1. The lowest BCUT2D eigenvalue weighted by Crippen LogP contribution is -2.12. The number of amidine groups is 1. The van der Waals surface area contributed by atoms with E-state index in [1.165, 1.54) is 0 Å². The molecule has 0 fully saturated rings. The van der Waals surface area contributed by atoms with Crippen LogP contribution in [0.3, 0.4) is 0 Å². The van der Waals surface area contributed by atoms with Gasteiger partial charge in [0.25, 0.3) is 0 Å². The van der Waals surface area contributed by atoms with Crippen molar-refractivity contribution < 1.29 is 9.47 Å². The summed E-state index contributed by atoms with van der Waals surface area (Å²) in [4.78, 5) is 4.03. The SMILES string of the molecule is N#Cc1cc2c(cc1N=C(N)CCl)OCO2. The van der Waals surface area contributed by atoms with E-state index < -0.39 is 0 Å². The summed E-state index contributed by atoms with van der Waals surface area (Å²) in [6, 6.07) is 5.20. The van der Waals surface area contributed by atoms with Crippen LogP contribution >= 0.6 is 11.6 Å². The van der Waals surface area contributed by atoms with Gasteiger partial charge in [-0.2, -0.15) is 5.26 Å². The Labute approximate surface area is 97.0 Å². The Hall–Kier alpha value is -1.93. The highest BCUT2D eigenvalue weighted by Crippen LogP contribution is 2.37. The zero-order valence-corrected chi connectivity index (χ0v) is 8.99. The monoisotopic (exact) mass is 237 g/mol. The van der Waals surface area contributed by atoms with E-state index in [9.17, 15) is 0 Å². The van der Waals surface area contributed by atoms with Gasteiger partial charge in [0.1, 0.15) is 11.9 Å². The lowest BCUT2D eigenvalue weighted by atomic mass is 10.2. The van der Waals surface area contributed by atoms with Gasteiger partial charge in [-0.05, 0) is 0 Å². The molecule has 1 aliphatic rings. The molecular formula is C10H8ClN3O2. The Morgan fingerprint density at radius 1 is 1.50 bits per heavy atom. The summed E-state index contributed by atoms with van der Waals surface area (Å²) in [7, 11) is 0. The van der Waals surface area contributed by atoms with Crippen LogP contribution < -0.4 is 15.2 Å². The second-order valence-electron chi connectivity index (χ2n) is 3.07. The second kappa shape index (κ2) is 4.29. The van der Waals surface area contributed by atoms with Crippen molar-refractivity contribution in [2.75, 3.05) is 12.7 Å². The highest BCUT2D eigenvalue weighted by molar-refractivity contribution is 6.28. The van der Waals surface area contributed by atoms with E-state index in [0.717, 1.165) is 0 Å². The molecule has 1 aromatic rings. The number of nitriles is 1. The Balaban J connectivity index is 2.49. The molecule has 82 valence electrons. The van der Waals surface area contributed by atoms with Crippen LogP contribution in [-0.4, -0.2) is 18.5 Å². The highest BCUT2D eigenvalue weighted by Gasteiger charge is 2.17. The Bertz CT molecular complexity index is 494. The maximum atomic E-state index is 8.95. The molecule has 2 rings (SSSR count). The van der Waals surface area contributed by atoms with Gasteiger partial charge in [-0.15, -0.1) is 11.6 Å². The number of benzene rings is 1. The second-order valence-corrected chi connectivity index (χ2v) is 3.34. The molecule has 0 unspecified atom stereocenters. The van der Waals surface area contributed by atoms with E-state index in [1.54, 1.807) is 12.1 Å². The quantitative estimate of drug-likeness (QED) is 0.480. The Kier molecular flexibility index (Phi) is 2.84. The van der Waals surface area contributed by atoms with Gasteiger partial charge in [0.2, 0.25) is 6.79 Å². The minimum absolute atomic E-state index is 0.110. The third-order valence-electron chi connectivity index (χ3n) is 2.01. The number of nitrogens with zero attached hydrogens (tertiary/aromatic N) is 2. The number of ether oxygens (including phenoxy) is 2. The first kappa shape index (κ1) is 10.6. The van der Waals surface area contributed by atoms with Gasteiger partial charge in [0.05, 0.1) is 17.1 Å². The first-order chi connectivity index (χ1) is 7.74. The fraction of sp³-hybridized carbons (Fsp3) is 0.200. The summed E-state index contributed by atoms with van der Waals surface area (Å²) in [6.45, 7) is 0.151. The van der Waals surface area contributed by atoms with Gasteiger partial charge in [-0.3, -0.25) is 0 Å². The molecule has 0 amide bonds. The van der Waals surface area contributed by atoms with Crippen LogP contribution in [0, 0.1) is 11.3 Å². The number of hydrogen-bond donors (Lipinski definition) is 1. The molecule has 5 nitrogen and oxygen atoms in total. The predicted octanol–water partition coefficient (Wildman–Crippen LogP) is 1.51. The van der Waals surface area contributed by atoms with E-state index in [2.05, 4.69) is 4.99 Å². The molecule has 1 heterocycles. The topological polar surface area (TPSA) is 80.6 Å². The van der Waals surface area contributed by atoms with Crippen LogP contribution in [0.1, 0.15) is 5.56 Å². The number of fused-ring (bicyclic) bond motifs is 1. The van der Waals surface area contributed by atoms with Crippen molar-refractivity contribution >= 4 is 23.1 Å². The lowest BCUT2D eigenvalue weighted by Gasteiger charge is -2.02. The molecular weight excluding hydrogens is 230 g/mol. The van der Waals surface area contributed by atoms with Crippen LogP contribution in [0.25, 0.3) is 0 Å². The van der Waals surface area contributed by atoms with Crippen molar-refractivity contribution in [2.45, 2.75) is 0 Å². The molecule has 0 spiro atoms. The molecule has 2 N–H and O–H groups in total. The van der Waals surface area contributed by atoms with Crippen LogP contribution in [-0.2, 0) is 0 Å². The van der Waals surface area contributed by atoms with Crippen molar-refractivity contribution in [3.63, 3.8) is 0 Å². The predicted molar refractivity (Wildman–Crippen MR) is 59.3 cm³/mol. The Morgan fingerprint density at radius 3 is 2.81 bits per heavy atom. The van der Waals surface area contributed by atoms with Gasteiger partial charge in [-0.25, -0.2) is 4.99 Å². The maximum absolute atomic E-state index is 8.95. The Morgan fingerprint density at radius 2 is 2.19 bits per heavy atom. The minimum Gasteiger partial charge on any atom is -0.454 e. The number of nitrogens with two attached hydrogens (primary N) is 1. The van der Waals surface area contributed by atoms with E-state index >= 15 is 0 Å². The van der Waals surface area contributed by atoms with Crippen LogP contribution in [0.15, 0.2) is 17.1 Å². The average molecular weight is 238 g/mol. The van der Waals surface area contributed by atoms with E-state index in [-0.39, 0.29) is 18.5 Å². The fourth-order valence-electron chi connectivity index (χ4n) is 1.30.